The van der Waals surface area contributed by atoms with Crippen molar-refractivity contribution in [3.63, 3.8) is 0 Å². The first-order chi connectivity index (χ1) is 14.0. The van der Waals surface area contributed by atoms with E-state index in [0.717, 1.165) is 10.9 Å². The molecule has 5 atom stereocenters. The number of rotatable bonds is 7. The first-order valence-corrected chi connectivity index (χ1v) is 10.2. The van der Waals surface area contributed by atoms with Gasteiger partial charge in [0.05, 0.1) is 19.5 Å². The molecule has 0 radical (unpaired) electrons. The highest BCUT2D eigenvalue weighted by Crippen LogP contribution is 2.43. The van der Waals surface area contributed by atoms with Gasteiger partial charge in [0.2, 0.25) is 0 Å². The number of hydrogen-bond acceptors (Lipinski definition) is 11. The molecule has 3 rings (SSSR count). The molecule has 30 heavy (non-hydrogen) atoms. The second-order valence-electron chi connectivity index (χ2n) is 6.28. The second-order valence-corrected chi connectivity index (χ2v) is 7.92. The van der Waals surface area contributed by atoms with Crippen LogP contribution in [0.2, 0.25) is 0 Å². The van der Waals surface area contributed by atoms with Crippen molar-refractivity contribution in [1.82, 2.24) is 19.5 Å². The first kappa shape index (κ1) is 22.4. The van der Waals surface area contributed by atoms with Crippen molar-refractivity contribution in [2.24, 2.45) is 0 Å². The maximum atomic E-state index is 13.5. The number of nitrogens with zero attached hydrogens (tertiary/aromatic N) is 4. The lowest BCUT2D eigenvalue weighted by atomic mass is 10.1. The number of ether oxygens (including phenoxy) is 3. The topological polar surface area (TPSA) is 212 Å². The number of halogens is 1. The van der Waals surface area contributed by atoms with Crippen molar-refractivity contribution in [2.45, 2.75) is 37.3 Å². The minimum Gasteiger partial charge on any atom is -0.464 e. The molecule has 0 bridgehead atoms. The van der Waals surface area contributed by atoms with Crippen LogP contribution in [0.25, 0.3) is 11.2 Å². The zero-order valence-electron chi connectivity index (χ0n) is 15.4. The summed E-state index contributed by atoms with van der Waals surface area (Å²) in [6, 6.07) is 0. The van der Waals surface area contributed by atoms with Crippen LogP contribution >= 0.6 is 7.60 Å². The van der Waals surface area contributed by atoms with Gasteiger partial charge in [-0.15, -0.1) is 0 Å². The van der Waals surface area contributed by atoms with Gasteiger partial charge in [0.1, 0.15) is 18.3 Å². The number of aliphatic hydroxyl groups excluding tert-OH is 2. The number of carbonyl (C=O) groups excluding carboxylic acids is 1. The quantitative estimate of drug-likeness (QED) is 0.180. The zero-order chi connectivity index (χ0) is 22.2. The molecule has 1 aliphatic heterocycles. The number of nitrogens with two attached hydrogens (primary N) is 1. The van der Waals surface area contributed by atoms with Crippen LogP contribution in [0.5, 0.6) is 0 Å². The Labute approximate surface area is 167 Å². The van der Waals surface area contributed by atoms with Gasteiger partial charge in [-0.05, 0) is 6.92 Å². The molecule has 0 aliphatic carbocycles. The zero-order valence-corrected chi connectivity index (χ0v) is 16.3. The number of aliphatic hydroxyl groups is 2. The highest BCUT2D eigenvalue weighted by Gasteiger charge is 2.46. The molecule has 1 saturated heterocycles. The molecule has 166 valence electrons. The average Bonchev–Trinajstić information content (AvgIpc) is 3.17. The fraction of sp³-hybridized carbons (Fsp3) is 0.571. The summed E-state index contributed by atoms with van der Waals surface area (Å²) >= 11 is 0. The Hall–Kier alpha value is -2.26. The van der Waals surface area contributed by atoms with Crippen molar-refractivity contribution < 1.29 is 48.0 Å². The van der Waals surface area contributed by atoms with Gasteiger partial charge in [-0.25, -0.2) is 9.78 Å². The summed E-state index contributed by atoms with van der Waals surface area (Å²) in [4.78, 5) is 41.1. The molecule has 1 fully saturated rings. The summed E-state index contributed by atoms with van der Waals surface area (Å²) in [5.41, 5.74) is 5.49. The molecule has 16 heteroatoms. The lowest BCUT2D eigenvalue weighted by Gasteiger charge is -2.20. The van der Waals surface area contributed by atoms with E-state index >= 15 is 0 Å². The standard InChI is InChI=1S/C14H19FN5O9P/c1-2-27-12(23)13(30(24,25)26)28-3-5-7(21)8(22)11(29-5)20-4-17-6-9(16)18-14(15)19-10(6)20/h4-5,7-8,11,13,21-22H,2-3H2,1H3,(H2,16,18,19)(H2,24,25,26)/t5-,7-,8-,11-,13?/m1/s1. The van der Waals surface area contributed by atoms with Gasteiger partial charge in [0.25, 0.3) is 5.85 Å². The minimum atomic E-state index is -5.04. The number of aromatic nitrogens is 4. The predicted molar refractivity (Wildman–Crippen MR) is 94.0 cm³/mol. The third-order valence-corrected chi connectivity index (χ3v) is 5.22. The van der Waals surface area contributed by atoms with Gasteiger partial charge in [-0.3, -0.25) is 9.13 Å². The van der Waals surface area contributed by atoms with Crippen LogP contribution in [0.4, 0.5) is 10.2 Å². The van der Waals surface area contributed by atoms with Crippen molar-refractivity contribution in [3.8, 4) is 0 Å². The first-order valence-electron chi connectivity index (χ1n) is 8.55. The fourth-order valence-electron chi connectivity index (χ4n) is 2.90. The second kappa shape index (κ2) is 8.47. The van der Waals surface area contributed by atoms with Crippen LogP contribution in [0.1, 0.15) is 13.2 Å². The summed E-state index contributed by atoms with van der Waals surface area (Å²) in [7, 11) is -5.04. The van der Waals surface area contributed by atoms with Gasteiger partial charge in [0, 0.05) is 0 Å². The predicted octanol–water partition coefficient (Wildman–Crippen LogP) is -1.75. The lowest BCUT2D eigenvalue weighted by Crippen LogP contribution is -2.36. The van der Waals surface area contributed by atoms with E-state index in [4.69, 9.17) is 15.2 Å². The molecule has 14 nitrogen and oxygen atoms in total. The van der Waals surface area contributed by atoms with Crippen LogP contribution in [0.3, 0.4) is 0 Å². The molecular weight excluding hydrogens is 432 g/mol. The third-order valence-electron chi connectivity index (χ3n) is 4.24. The maximum Gasteiger partial charge on any atom is 0.365 e. The normalized spacial score (nSPS) is 25.5. The Kier molecular flexibility index (Phi) is 6.33. The Morgan fingerprint density at radius 2 is 2.10 bits per heavy atom. The fourth-order valence-corrected chi connectivity index (χ4v) is 3.53. The average molecular weight is 451 g/mol. The number of hydrogen-bond donors (Lipinski definition) is 5. The van der Waals surface area contributed by atoms with E-state index in [-0.39, 0.29) is 23.6 Å². The SMILES string of the molecule is CCOC(=O)C(OC[C@H]1O[C@@H](n2cnc3c(N)nc(F)nc32)[C@H](O)[C@@H]1O)P(=O)(O)O. The number of esters is 1. The Morgan fingerprint density at radius 1 is 1.40 bits per heavy atom. The van der Waals surface area contributed by atoms with Crippen molar-refractivity contribution in [3.05, 3.63) is 12.4 Å². The molecule has 0 aromatic carbocycles. The number of carbonyl (C=O) groups is 1. The van der Waals surface area contributed by atoms with Crippen molar-refractivity contribution in [2.75, 3.05) is 18.9 Å². The highest BCUT2D eigenvalue weighted by molar-refractivity contribution is 7.53. The maximum absolute atomic E-state index is 13.5. The molecule has 1 aliphatic rings. The number of fused-ring (bicyclic) bond motifs is 1. The van der Waals surface area contributed by atoms with Crippen LogP contribution in [-0.4, -0.2) is 82.9 Å². The van der Waals surface area contributed by atoms with Crippen LogP contribution in [0.15, 0.2) is 6.33 Å². The number of imidazole rings is 1. The van der Waals surface area contributed by atoms with Crippen LogP contribution in [-0.2, 0) is 23.6 Å². The van der Waals surface area contributed by atoms with E-state index in [9.17, 15) is 33.7 Å². The van der Waals surface area contributed by atoms with Gasteiger partial charge in [-0.2, -0.15) is 14.4 Å². The molecule has 6 N–H and O–H groups in total. The molecule has 0 saturated carbocycles. The molecule has 0 spiro atoms. The molecule has 2 aromatic heterocycles. The number of anilines is 1. The number of nitrogen functional groups attached to an aromatic ring is 1. The largest absolute Gasteiger partial charge is 0.464 e. The Bertz CT molecular complexity index is 984. The molecular formula is C14H19FN5O9P. The van der Waals surface area contributed by atoms with E-state index < -0.39 is 56.6 Å². The Morgan fingerprint density at radius 3 is 2.73 bits per heavy atom. The molecule has 1 unspecified atom stereocenters. The Balaban J connectivity index is 1.79. The molecule has 2 aromatic rings. The smallest absolute Gasteiger partial charge is 0.365 e. The third kappa shape index (κ3) is 4.27. The monoisotopic (exact) mass is 451 g/mol. The van der Waals surface area contributed by atoms with Crippen molar-refractivity contribution in [1.29, 1.82) is 0 Å². The van der Waals surface area contributed by atoms with Crippen molar-refractivity contribution >= 4 is 30.5 Å². The van der Waals surface area contributed by atoms with Gasteiger partial charge in [0.15, 0.2) is 23.2 Å². The van der Waals surface area contributed by atoms with Crippen LogP contribution in [0, 0.1) is 6.08 Å². The lowest BCUT2D eigenvalue weighted by molar-refractivity contribution is -0.155. The van der Waals surface area contributed by atoms with E-state index in [1.807, 2.05) is 0 Å². The summed E-state index contributed by atoms with van der Waals surface area (Å²) in [6.45, 7) is 0.618. The summed E-state index contributed by atoms with van der Waals surface area (Å²) in [5, 5.41) is 20.6. The van der Waals surface area contributed by atoms with Crippen LogP contribution < -0.4 is 5.73 Å². The molecule has 3 heterocycles. The van der Waals surface area contributed by atoms with Gasteiger partial charge >= 0.3 is 19.6 Å². The van der Waals surface area contributed by atoms with E-state index in [0.29, 0.717) is 0 Å². The van der Waals surface area contributed by atoms with E-state index in [1.54, 1.807) is 0 Å². The van der Waals surface area contributed by atoms with Gasteiger partial charge < -0.3 is 39.9 Å². The molecule has 0 amide bonds. The van der Waals surface area contributed by atoms with E-state index in [2.05, 4.69) is 19.7 Å². The van der Waals surface area contributed by atoms with E-state index in [1.165, 1.54) is 6.92 Å². The highest BCUT2D eigenvalue weighted by atomic mass is 31.2. The summed E-state index contributed by atoms with van der Waals surface area (Å²) < 4.78 is 41.1. The summed E-state index contributed by atoms with van der Waals surface area (Å²) in [5.74, 6) is -3.78. The van der Waals surface area contributed by atoms with Gasteiger partial charge in [-0.1, -0.05) is 0 Å². The summed E-state index contributed by atoms with van der Waals surface area (Å²) in [6.07, 6.45) is -5.80. The minimum absolute atomic E-state index is 0.0327.